The first-order valence-electron chi connectivity index (χ1n) is 8.62. The molecule has 0 spiro atoms. The van der Waals surface area contributed by atoms with Gasteiger partial charge in [-0.05, 0) is 36.6 Å². The number of ether oxygens (including phenoxy) is 1. The first-order chi connectivity index (χ1) is 12.7. The summed E-state index contributed by atoms with van der Waals surface area (Å²) < 4.78 is 5.25. The Balaban J connectivity index is 1.55. The topological polar surface area (TPSA) is 72.0 Å². The minimum Gasteiger partial charge on any atom is -0.497 e. The van der Waals surface area contributed by atoms with Gasteiger partial charge in [-0.3, -0.25) is 0 Å². The van der Waals surface area contributed by atoms with Gasteiger partial charge in [-0.25, -0.2) is 0 Å². The average molecular weight is 349 g/mol. The highest BCUT2D eigenvalue weighted by Crippen LogP contribution is 2.17. The highest BCUT2D eigenvalue weighted by Gasteiger charge is 2.07. The van der Waals surface area contributed by atoms with E-state index in [1.165, 1.54) is 11.1 Å². The largest absolute Gasteiger partial charge is 0.497 e. The van der Waals surface area contributed by atoms with Gasteiger partial charge in [0.05, 0.1) is 13.3 Å². The van der Waals surface area contributed by atoms with Crippen LogP contribution in [0.4, 0.5) is 11.8 Å². The lowest BCUT2D eigenvalue weighted by molar-refractivity contribution is 0.414. The third-order valence-electron chi connectivity index (χ3n) is 4.05. The maximum absolute atomic E-state index is 5.25. The molecule has 6 heteroatoms. The maximum atomic E-state index is 5.25. The van der Waals surface area contributed by atoms with E-state index >= 15 is 0 Å². The summed E-state index contributed by atoms with van der Waals surface area (Å²) in [5, 5.41) is 14.6. The molecule has 0 aliphatic heterocycles. The summed E-state index contributed by atoms with van der Waals surface area (Å²) in [7, 11) is 1.67. The fourth-order valence-electron chi connectivity index (χ4n) is 2.64. The van der Waals surface area contributed by atoms with Crippen LogP contribution in [0.2, 0.25) is 0 Å². The van der Waals surface area contributed by atoms with Crippen LogP contribution in [0.1, 0.15) is 24.1 Å². The zero-order chi connectivity index (χ0) is 18.2. The Morgan fingerprint density at radius 3 is 2.73 bits per heavy atom. The number of methoxy groups -OCH3 is 1. The van der Waals surface area contributed by atoms with Crippen LogP contribution >= 0.6 is 0 Å². The van der Waals surface area contributed by atoms with Crippen molar-refractivity contribution >= 4 is 11.8 Å². The Morgan fingerprint density at radius 1 is 1.08 bits per heavy atom. The van der Waals surface area contributed by atoms with Crippen molar-refractivity contribution < 1.29 is 4.74 Å². The fourth-order valence-corrected chi connectivity index (χ4v) is 2.64. The molecule has 0 saturated carbocycles. The van der Waals surface area contributed by atoms with Gasteiger partial charge in [0, 0.05) is 12.6 Å². The number of anilines is 2. The molecule has 0 amide bonds. The predicted octanol–water partition coefficient (Wildman–Crippen LogP) is 3.71. The van der Waals surface area contributed by atoms with Crippen molar-refractivity contribution in [1.82, 2.24) is 15.2 Å². The quantitative estimate of drug-likeness (QED) is 0.646. The van der Waals surface area contributed by atoms with Gasteiger partial charge in [0.15, 0.2) is 5.82 Å². The van der Waals surface area contributed by atoms with Gasteiger partial charge >= 0.3 is 0 Å². The van der Waals surface area contributed by atoms with E-state index in [-0.39, 0.29) is 6.04 Å². The molecular formula is C20H23N5O. The number of hydrogen-bond donors (Lipinski definition) is 2. The summed E-state index contributed by atoms with van der Waals surface area (Å²) in [6, 6.07) is 18.4. The molecule has 1 atom stereocenters. The standard InChI is InChI=1S/C20H23N5O/c1-15(17-8-4-3-5-9-17)23-19-14-22-25-20(24-19)21-12-11-16-7-6-10-18(13-16)26-2/h3-10,13-15H,11-12H2,1-2H3,(H2,21,23,24,25). The molecule has 0 aliphatic carbocycles. The molecule has 6 nitrogen and oxygen atoms in total. The fraction of sp³-hybridized carbons (Fsp3) is 0.250. The first kappa shape index (κ1) is 17.7. The average Bonchev–Trinajstić information content (AvgIpc) is 2.69. The van der Waals surface area contributed by atoms with E-state index < -0.39 is 0 Å². The maximum Gasteiger partial charge on any atom is 0.244 e. The summed E-state index contributed by atoms with van der Waals surface area (Å²) >= 11 is 0. The third-order valence-corrected chi connectivity index (χ3v) is 4.05. The van der Waals surface area contributed by atoms with Crippen LogP contribution in [0.25, 0.3) is 0 Å². The van der Waals surface area contributed by atoms with Crippen molar-refractivity contribution in [1.29, 1.82) is 0 Å². The normalized spacial score (nSPS) is 11.6. The van der Waals surface area contributed by atoms with Crippen molar-refractivity contribution in [2.45, 2.75) is 19.4 Å². The van der Waals surface area contributed by atoms with Crippen molar-refractivity contribution in [2.75, 3.05) is 24.3 Å². The van der Waals surface area contributed by atoms with E-state index in [9.17, 15) is 0 Å². The molecule has 3 rings (SSSR count). The van der Waals surface area contributed by atoms with Gasteiger partial charge in [0.25, 0.3) is 0 Å². The lowest BCUT2D eigenvalue weighted by Crippen LogP contribution is -2.12. The minimum absolute atomic E-state index is 0.137. The molecule has 0 aliphatic rings. The summed E-state index contributed by atoms with van der Waals surface area (Å²) in [4.78, 5) is 4.48. The third kappa shape index (κ3) is 4.92. The van der Waals surface area contributed by atoms with Crippen molar-refractivity contribution in [2.24, 2.45) is 0 Å². The van der Waals surface area contributed by atoms with Crippen LogP contribution in [-0.4, -0.2) is 28.8 Å². The van der Waals surface area contributed by atoms with Gasteiger partial charge < -0.3 is 15.4 Å². The molecule has 26 heavy (non-hydrogen) atoms. The van der Waals surface area contributed by atoms with E-state index in [1.54, 1.807) is 13.3 Å². The van der Waals surface area contributed by atoms with Gasteiger partial charge in [0.1, 0.15) is 5.75 Å². The molecule has 1 unspecified atom stereocenters. The monoisotopic (exact) mass is 349 g/mol. The number of benzene rings is 2. The molecule has 0 saturated heterocycles. The zero-order valence-electron chi connectivity index (χ0n) is 15.0. The molecule has 0 radical (unpaired) electrons. The Morgan fingerprint density at radius 2 is 1.92 bits per heavy atom. The summed E-state index contributed by atoms with van der Waals surface area (Å²) in [5.41, 5.74) is 2.38. The minimum atomic E-state index is 0.137. The molecule has 134 valence electrons. The van der Waals surface area contributed by atoms with E-state index in [1.807, 2.05) is 36.4 Å². The number of aromatic nitrogens is 3. The lowest BCUT2D eigenvalue weighted by atomic mass is 10.1. The van der Waals surface area contributed by atoms with E-state index in [2.05, 4.69) is 50.9 Å². The van der Waals surface area contributed by atoms with Crippen LogP contribution in [0, 0.1) is 0 Å². The second-order valence-corrected chi connectivity index (χ2v) is 5.97. The van der Waals surface area contributed by atoms with Crippen LogP contribution in [0.3, 0.4) is 0 Å². The Labute approximate surface area is 153 Å². The van der Waals surface area contributed by atoms with Crippen LogP contribution < -0.4 is 15.4 Å². The number of hydrogen-bond acceptors (Lipinski definition) is 6. The van der Waals surface area contributed by atoms with E-state index in [4.69, 9.17) is 4.74 Å². The molecule has 1 heterocycles. The molecule has 2 aromatic carbocycles. The smallest absolute Gasteiger partial charge is 0.244 e. The lowest BCUT2D eigenvalue weighted by Gasteiger charge is -2.15. The Kier molecular flexibility index (Phi) is 5.98. The van der Waals surface area contributed by atoms with Crippen molar-refractivity contribution in [3.8, 4) is 5.75 Å². The number of rotatable bonds is 8. The van der Waals surface area contributed by atoms with E-state index in [0.29, 0.717) is 18.3 Å². The Bertz CT molecular complexity index is 825. The predicted molar refractivity (Wildman–Crippen MR) is 103 cm³/mol. The zero-order valence-corrected chi connectivity index (χ0v) is 15.0. The second kappa shape index (κ2) is 8.80. The number of nitrogens with one attached hydrogen (secondary N) is 2. The van der Waals surface area contributed by atoms with Crippen LogP contribution in [-0.2, 0) is 6.42 Å². The van der Waals surface area contributed by atoms with Crippen LogP contribution in [0.5, 0.6) is 5.75 Å². The molecule has 0 fully saturated rings. The molecule has 3 aromatic rings. The molecule has 1 aromatic heterocycles. The van der Waals surface area contributed by atoms with Gasteiger partial charge in [-0.15, -0.1) is 5.10 Å². The molecule has 2 N–H and O–H groups in total. The van der Waals surface area contributed by atoms with Gasteiger partial charge in [-0.1, -0.05) is 42.5 Å². The second-order valence-electron chi connectivity index (χ2n) is 5.97. The number of nitrogens with zero attached hydrogens (tertiary/aromatic N) is 3. The molecule has 0 bridgehead atoms. The summed E-state index contributed by atoms with van der Waals surface area (Å²) in [5.74, 6) is 2.07. The SMILES string of the molecule is COc1cccc(CCNc2nncc(NC(C)c3ccccc3)n2)c1. The van der Waals surface area contributed by atoms with Crippen LogP contribution in [0.15, 0.2) is 60.8 Å². The summed E-state index contributed by atoms with van der Waals surface area (Å²) in [6.45, 7) is 2.81. The highest BCUT2D eigenvalue weighted by molar-refractivity contribution is 5.40. The van der Waals surface area contributed by atoms with E-state index in [0.717, 1.165) is 12.2 Å². The highest BCUT2D eigenvalue weighted by atomic mass is 16.5. The Hall–Kier alpha value is -3.15. The summed E-state index contributed by atoms with van der Waals surface area (Å²) in [6.07, 6.45) is 2.48. The first-order valence-corrected chi connectivity index (χ1v) is 8.62. The van der Waals surface area contributed by atoms with Crippen molar-refractivity contribution in [3.05, 3.63) is 71.9 Å². The molecular weight excluding hydrogens is 326 g/mol. The van der Waals surface area contributed by atoms with Gasteiger partial charge in [0.2, 0.25) is 5.95 Å². The van der Waals surface area contributed by atoms with Crippen molar-refractivity contribution in [3.63, 3.8) is 0 Å². The van der Waals surface area contributed by atoms with Gasteiger partial charge in [-0.2, -0.15) is 10.1 Å².